The zero-order chi connectivity index (χ0) is 63.2. The third-order valence-electron chi connectivity index (χ3n) is 15.0. The SMILES string of the molecule is CNC(=O)C[C@@H]1NC(=O)c2csc(n2)-c2ccc(-c3nc(N(CCCC(=O)O)C(=O)[C@@H]4CC[C@@H](C(=O)O)C4)cs3)nc2-c2csc(n2)-c2csc(n2)[C@H]([C@@H](O)c2ccccc2)NC(=O)CNC(=O)c2nc(sc2COC)C(C(C)C)CC(=O)c2nc1sc2C. The molecule has 10 bridgehead atoms. The predicted octanol–water partition coefficient (Wildman–Crippen LogP) is 8.90. The van der Waals surface area contributed by atoms with Crippen molar-refractivity contribution in [2.45, 2.75) is 96.4 Å². The number of aliphatic carboxylic acids is 2. The Hall–Kier alpha value is -7.97. The molecule has 0 saturated heterocycles. The van der Waals surface area contributed by atoms with Crippen LogP contribution in [-0.4, -0.2) is 125 Å². The third-order valence-corrected chi connectivity index (χ3v) is 20.8. The average Bonchev–Trinajstić information content (AvgIpc) is 1.83. The van der Waals surface area contributed by atoms with Crippen LogP contribution in [0.4, 0.5) is 5.82 Å². The molecule has 1 fully saturated rings. The molecule has 7 N–H and O–H groups in total. The Balaban J connectivity index is 1.05. The van der Waals surface area contributed by atoms with Gasteiger partial charge in [0.15, 0.2) is 5.78 Å². The highest BCUT2D eigenvalue weighted by atomic mass is 32.1. The fraction of sp³-hybridized carbons (Fsp3) is 0.373. The molecule has 0 radical (unpaired) electrons. The number of aromatic nitrogens is 7. The van der Waals surface area contributed by atoms with Gasteiger partial charge in [-0.3, -0.25) is 43.3 Å². The van der Waals surface area contributed by atoms with Crippen LogP contribution in [0, 0.1) is 24.7 Å². The first kappa shape index (κ1) is 64.0. The molecule has 10 rings (SSSR count). The normalized spacial score (nSPS) is 18.6. The number of carboxylic acid groups (broad SMARTS) is 2. The zero-order valence-electron chi connectivity index (χ0n) is 48.5. The van der Waals surface area contributed by atoms with Crippen LogP contribution in [-0.2, 0) is 35.3 Å². The van der Waals surface area contributed by atoms with E-state index in [0.717, 1.165) is 22.7 Å². The minimum absolute atomic E-state index is 0.00190. The Morgan fingerprint density at radius 1 is 0.742 bits per heavy atom. The number of nitrogens with zero attached hydrogens (tertiary/aromatic N) is 8. The van der Waals surface area contributed by atoms with Gasteiger partial charge in [0.05, 0.1) is 47.1 Å². The fourth-order valence-electron chi connectivity index (χ4n) is 10.3. The summed E-state index contributed by atoms with van der Waals surface area (Å²) >= 11 is 7.12. The number of Topliss-reactive ketones (excluding diaryl/α,β-unsaturated/α-hetero) is 1. The number of carboxylic acids is 2. The molecule has 0 spiro atoms. The fourth-order valence-corrected chi connectivity index (χ4v) is 16.0. The number of anilines is 1. The number of aryl methyl sites for hydroxylation is 1. The zero-order valence-corrected chi connectivity index (χ0v) is 53.4. The van der Waals surface area contributed by atoms with E-state index in [1.807, 2.05) is 13.8 Å². The smallest absolute Gasteiger partial charge is 0.306 e. The number of thiazole rings is 6. The molecule has 30 heteroatoms. The summed E-state index contributed by atoms with van der Waals surface area (Å²) in [5.41, 5.74) is 2.54. The van der Waals surface area contributed by atoms with Crippen LogP contribution >= 0.6 is 68.0 Å². The largest absolute Gasteiger partial charge is 0.481 e. The summed E-state index contributed by atoms with van der Waals surface area (Å²) in [7, 11) is 2.94. The Morgan fingerprint density at radius 2 is 1.45 bits per heavy atom. The number of carbonyl (C=O) groups excluding carboxylic acids is 6. The van der Waals surface area contributed by atoms with E-state index in [4.69, 9.17) is 39.6 Å². The van der Waals surface area contributed by atoms with E-state index in [0.29, 0.717) is 86.5 Å². The van der Waals surface area contributed by atoms with Gasteiger partial charge in [-0.25, -0.2) is 34.9 Å². The molecule has 1 saturated carbocycles. The average molecular weight is 1320 g/mol. The number of carbonyl (C=O) groups is 8. The van der Waals surface area contributed by atoms with Gasteiger partial charge < -0.3 is 41.3 Å². The monoisotopic (exact) mass is 1320 g/mol. The summed E-state index contributed by atoms with van der Waals surface area (Å²) in [6.07, 6.45) is -0.829. The first-order valence-corrected chi connectivity index (χ1v) is 33.3. The van der Waals surface area contributed by atoms with E-state index in [-0.39, 0.29) is 85.8 Å². The van der Waals surface area contributed by atoms with E-state index in [2.05, 4.69) is 21.3 Å². The molecule has 8 aromatic rings. The summed E-state index contributed by atoms with van der Waals surface area (Å²) in [5, 5.41) is 51.3. The maximum Gasteiger partial charge on any atom is 0.306 e. The molecule has 464 valence electrons. The van der Waals surface area contributed by atoms with Gasteiger partial charge in [0.1, 0.15) is 77.2 Å². The number of fused-ring (bicyclic) bond motifs is 14. The molecule has 89 heavy (non-hydrogen) atoms. The van der Waals surface area contributed by atoms with Crippen LogP contribution in [0.5, 0.6) is 0 Å². The van der Waals surface area contributed by atoms with Gasteiger partial charge in [0, 0.05) is 77.3 Å². The molecule has 2 aliphatic rings. The second kappa shape index (κ2) is 28.2. The van der Waals surface area contributed by atoms with Crippen molar-refractivity contribution in [1.29, 1.82) is 0 Å². The number of hydrogen-bond acceptors (Lipinski definition) is 23. The number of ketones is 1. The summed E-state index contributed by atoms with van der Waals surface area (Å²) in [5.74, 6) is -6.71. The number of hydrogen-bond donors (Lipinski definition) is 7. The summed E-state index contributed by atoms with van der Waals surface area (Å²) < 4.78 is 5.47. The second-order valence-electron chi connectivity index (χ2n) is 21.5. The van der Waals surface area contributed by atoms with Crippen LogP contribution in [0.1, 0.15) is 145 Å². The molecule has 24 nitrogen and oxygen atoms in total. The maximum absolute atomic E-state index is 14.4. The second-order valence-corrected chi connectivity index (χ2v) is 27.3. The van der Waals surface area contributed by atoms with Crippen molar-refractivity contribution in [2.24, 2.45) is 17.8 Å². The molecule has 5 amide bonds. The quantitative estimate of drug-likeness (QED) is 0.0503. The number of amides is 5. The molecular weight excluding hydrogens is 1260 g/mol. The van der Waals surface area contributed by atoms with Gasteiger partial charge in [0.2, 0.25) is 17.7 Å². The lowest BCUT2D eigenvalue weighted by molar-refractivity contribution is -0.141. The van der Waals surface area contributed by atoms with E-state index in [1.54, 1.807) is 70.9 Å². The minimum atomic E-state index is -1.30. The molecule has 1 unspecified atom stereocenters. The lowest BCUT2D eigenvalue weighted by atomic mass is 9.90. The number of ether oxygens (including phenoxy) is 1. The number of methoxy groups -OCH3 is 1. The Bertz CT molecular complexity index is 3970. The number of aliphatic hydroxyl groups excluding tert-OH is 1. The highest BCUT2D eigenvalue weighted by Gasteiger charge is 2.38. The van der Waals surface area contributed by atoms with Crippen molar-refractivity contribution >= 4 is 121 Å². The first-order chi connectivity index (χ1) is 42.8. The van der Waals surface area contributed by atoms with Gasteiger partial charge in [-0.15, -0.1) is 68.0 Å². The van der Waals surface area contributed by atoms with Crippen molar-refractivity contribution in [1.82, 2.24) is 56.2 Å². The standard InChI is InChI=1S/C59H60N12O12S6/c1-27(2)33-19-39(72)45-28(3)88-56(69-45)35(20-42(73)60-4)63-50(78)37-24-84-52(65-37)32-15-16-34(54-67-41(26-87-54)71(17-9-12-44(75)76)58(80)30-13-14-31(18-30)59(81)82)62-46(32)36-23-85-55(64-36)38-25-86-57(66-38)48(49(77)29-10-7-6-8-11-29)68-43(74)21-61-51(79)47-40(22-83-5)89-53(33)70-47/h6-8,10-11,15-16,23-27,30-31,33,35,48-49,77H,9,12-14,17-22H2,1-5H3,(H,60,73)(H,61,79)(H,63,78)(H,68,74)(H,75,76)(H,81,82)/t30-,31-,33?,35+,48+,49+/m1/s1. The Morgan fingerprint density at radius 3 is 2.18 bits per heavy atom. The van der Waals surface area contributed by atoms with Crippen molar-refractivity contribution in [3.8, 4) is 43.4 Å². The lowest BCUT2D eigenvalue weighted by Gasteiger charge is -2.23. The van der Waals surface area contributed by atoms with Crippen LogP contribution in [0.3, 0.4) is 0 Å². The number of nitrogens with one attached hydrogen (secondary N) is 4. The highest BCUT2D eigenvalue weighted by Crippen LogP contribution is 2.42. The van der Waals surface area contributed by atoms with E-state index in [9.17, 15) is 53.7 Å². The van der Waals surface area contributed by atoms with Crippen molar-refractivity contribution in [3.63, 3.8) is 0 Å². The number of benzene rings is 1. The molecule has 1 aromatic carbocycles. The van der Waals surface area contributed by atoms with E-state index in [1.165, 1.54) is 64.4 Å². The molecule has 8 heterocycles. The highest BCUT2D eigenvalue weighted by molar-refractivity contribution is 7.15. The Labute approximate surface area is 533 Å². The third kappa shape index (κ3) is 14.7. The molecule has 1 aliphatic carbocycles. The van der Waals surface area contributed by atoms with E-state index < -0.39 is 78.1 Å². The van der Waals surface area contributed by atoms with Gasteiger partial charge in [-0.05, 0) is 56.2 Å². The first-order valence-electron chi connectivity index (χ1n) is 28.2. The van der Waals surface area contributed by atoms with Crippen LogP contribution in [0.15, 0.2) is 64.0 Å². The molecule has 6 atom stereocenters. The minimum Gasteiger partial charge on any atom is -0.481 e. The van der Waals surface area contributed by atoms with Crippen LogP contribution < -0.4 is 26.2 Å². The topological polar surface area (TPSA) is 348 Å². The van der Waals surface area contributed by atoms with Crippen LogP contribution in [0.25, 0.3) is 43.4 Å². The number of rotatable bonds is 15. The van der Waals surface area contributed by atoms with Crippen molar-refractivity contribution in [3.05, 3.63) is 111 Å². The van der Waals surface area contributed by atoms with Gasteiger partial charge >= 0.3 is 11.9 Å². The van der Waals surface area contributed by atoms with E-state index >= 15 is 0 Å². The van der Waals surface area contributed by atoms with Gasteiger partial charge in [-0.2, -0.15) is 0 Å². The molecular formula is C59H60N12O12S6. The summed E-state index contributed by atoms with van der Waals surface area (Å²) in [6.45, 7) is 5.12. The number of aliphatic hydroxyl groups is 1. The lowest BCUT2D eigenvalue weighted by Crippen LogP contribution is -2.40. The summed E-state index contributed by atoms with van der Waals surface area (Å²) in [6, 6.07) is 10.1. The molecule has 7 aromatic heterocycles. The van der Waals surface area contributed by atoms with Crippen LogP contribution in [0.2, 0.25) is 0 Å². The Kier molecular flexibility index (Phi) is 20.3. The van der Waals surface area contributed by atoms with Gasteiger partial charge in [0.25, 0.3) is 11.8 Å². The maximum atomic E-state index is 14.4. The predicted molar refractivity (Wildman–Crippen MR) is 336 cm³/mol. The summed E-state index contributed by atoms with van der Waals surface area (Å²) in [4.78, 5) is 144. The molecule has 1 aliphatic heterocycles. The van der Waals surface area contributed by atoms with Crippen molar-refractivity contribution < 1.29 is 58.4 Å². The van der Waals surface area contributed by atoms with Gasteiger partial charge in [-0.1, -0.05) is 44.2 Å². The number of pyridine rings is 1. The van der Waals surface area contributed by atoms with Crippen molar-refractivity contribution in [2.75, 3.05) is 32.1 Å².